The van der Waals surface area contributed by atoms with Crippen molar-refractivity contribution in [3.8, 4) is 0 Å². The molecule has 3 heteroatoms. The van der Waals surface area contributed by atoms with Crippen molar-refractivity contribution in [1.82, 2.24) is 15.5 Å². The van der Waals surface area contributed by atoms with Gasteiger partial charge in [0.05, 0.1) is 6.20 Å². The molecule has 0 bridgehead atoms. The van der Waals surface area contributed by atoms with Gasteiger partial charge >= 0.3 is 0 Å². The van der Waals surface area contributed by atoms with Gasteiger partial charge in [-0.2, -0.15) is 5.10 Å². The second-order valence-electron chi connectivity index (χ2n) is 3.79. The smallest absolute Gasteiger partial charge is 0.0535 e. The van der Waals surface area contributed by atoms with Gasteiger partial charge in [0, 0.05) is 23.8 Å². The van der Waals surface area contributed by atoms with Crippen molar-refractivity contribution in [3.63, 3.8) is 0 Å². The van der Waals surface area contributed by atoms with Gasteiger partial charge in [-0.15, -0.1) is 0 Å². The Morgan fingerprint density at radius 1 is 1.50 bits per heavy atom. The number of aryl methyl sites for hydroxylation is 1. The van der Waals surface area contributed by atoms with Crippen LogP contribution in [0.4, 0.5) is 0 Å². The number of nitrogens with one attached hydrogen (secondary N) is 2. The Balaban J connectivity index is 2.35. The van der Waals surface area contributed by atoms with Gasteiger partial charge < -0.3 is 5.32 Å². The summed E-state index contributed by atoms with van der Waals surface area (Å²) in [6.45, 7) is 7.45. The van der Waals surface area contributed by atoms with Crippen LogP contribution in [-0.2, 0) is 6.54 Å². The number of rotatable bonds is 6. The van der Waals surface area contributed by atoms with Gasteiger partial charge in [0.25, 0.3) is 0 Å². The molecule has 0 aliphatic heterocycles. The van der Waals surface area contributed by atoms with Gasteiger partial charge in [-0.3, -0.25) is 5.10 Å². The molecule has 1 heterocycles. The molecule has 0 amide bonds. The molecule has 0 aromatic carbocycles. The summed E-state index contributed by atoms with van der Waals surface area (Å²) in [5, 5.41) is 10.5. The molecule has 0 fully saturated rings. The first-order valence-corrected chi connectivity index (χ1v) is 5.50. The van der Waals surface area contributed by atoms with Crippen molar-refractivity contribution < 1.29 is 0 Å². The highest BCUT2D eigenvalue weighted by Gasteiger charge is 2.05. The van der Waals surface area contributed by atoms with Crippen LogP contribution in [0.5, 0.6) is 0 Å². The fourth-order valence-electron chi connectivity index (χ4n) is 1.61. The van der Waals surface area contributed by atoms with Crippen LogP contribution in [0.1, 0.15) is 44.4 Å². The van der Waals surface area contributed by atoms with Crippen LogP contribution in [0.3, 0.4) is 0 Å². The lowest BCUT2D eigenvalue weighted by Crippen LogP contribution is -2.27. The third-order valence-corrected chi connectivity index (χ3v) is 2.65. The van der Waals surface area contributed by atoms with Crippen molar-refractivity contribution >= 4 is 0 Å². The summed E-state index contributed by atoms with van der Waals surface area (Å²) in [4.78, 5) is 0. The van der Waals surface area contributed by atoms with E-state index in [9.17, 15) is 0 Å². The number of aromatic nitrogens is 2. The summed E-state index contributed by atoms with van der Waals surface area (Å²) in [6.07, 6.45) is 5.61. The molecule has 0 aliphatic rings. The third-order valence-electron chi connectivity index (χ3n) is 2.65. The van der Waals surface area contributed by atoms with Crippen molar-refractivity contribution in [2.75, 3.05) is 0 Å². The maximum absolute atomic E-state index is 4.01. The largest absolute Gasteiger partial charge is 0.310 e. The van der Waals surface area contributed by atoms with Gasteiger partial charge in [-0.05, 0) is 19.8 Å². The van der Waals surface area contributed by atoms with Crippen molar-refractivity contribution in [3.05, 3.63) is 17.5 Å². The summed E-state index contributed by atoms with van der Waals surface area (Å²) in [5.74, 6) is 0. The van der Waals surface area contributed by atoms with Gasteiger partial charge in [0.1, 0.15) is 0 Å². The first-order valence-electron chi connectivity index (χ1n) is 5.50. The molecule has 2 N–H and O–H groups in total. The minimum Gasteiger partial charge on any atom is -0.310 e. The van der Waals surface area contributed by atoms with E-state index in [-0.39, 0.29) is 0 Å². The van der Waals surface area contributed by atoms with E-state index in [0.29, 0.717) is 6.04 Å². The van der Waals surface area contributed by atoms with E-state index in [1.807, 2.05) is 6.20 Å². The van der Waals surface area contributed by atoms with Crippen LogP contribution in [0, 0.1) is 6.92 Å². The zero-order valence-electron chi connectivity index (χ0n) is 9.43. The summed E-state index contributed by atoms with van der Waals surface area (Å²) in [6, 6.07) is 0.648. The molecular weight excluding hydrogens is 174 g/mol. The van der Waals surface area contributed by atoms with E-state index in [4.69, 9.17) is 0 Å². The maximum atomic E-state index is 4.01. The predicted molar refractivity (Wildman–Crippen MR) is 59.2 cm³/mol. The number of hydrogen-bond donors (Lipinski definition) is 2. The monoisotopic (exact) mass is 195 g/mol. The Labute approximate surface area is 86.3 Å². The van der Waals surface area contributed by atoms with E-state index in [0.717, 1.165) is 6.54 Å². The minimum atomic E-state index is 0.648. The molecular formula is C11H21N3. The first kappa shape index (κ1) is 11.2. The molecule has 0 aliphatic carbocycles. The van der Waals surface area contributed by atoms with E-state index < -0.39 is 0 Å². The molecule has 1 aromatic heterocycles. The first-order chi connectivity index (χ1) is 6.77. The van der Waals surface area contributed by atoms with Crippen molar-refractivity contribution in [2.45, 2.75) is 52.6 Å². The Kier molecular flexibility index (Phi) is 4.66. The fraction of sp³-hybridized carbons (Fsp3) is 0.727. The number of aromatic amines is 1. The van der Waals surface area contributed by atoms with Crippen LogP contribution in [0.2, 0.25) is 0 Å². The standard InChI is InChI=1S/C11H21N3/c1-4-6-11(5-2)12-7-10-8-13-14-9(10)3/h8,11-12H,4-7H2,1-3H3,(H,13,14). The quantitative estimate of drug-likeness (QED) is 0.731. The minimum absolute atomic E-state index is 0.648. The number of nitrogens with zero attached hydrogens (tertiary/aromatic N) is 1. The van der Waals surface area contributed by atoms with Crippen molar-refractivity contribution in [2.24, 2.45) is 0 Å². The van der Waals surface area contributed by atoms with Crippen molar-refractivity contribution in [1.29, 1.82) is 0 Å². The molecule has 0 saturated carbocycles. The van der Waals surface area contributed by atoms with Crippen LogP contribution in [0.25, 0.3) is 0 Å². The molecule has 1 rings (SSSR count). The zero-order chi connectivity index (χ0) is 10.4. The van der Waals surface area contributed by atoms with Gasteiger partial charge in [-0.25, -0.2) is 0 Å². The molecule has 1 atom stereocenters. The number of hydrogen-bond acceptors (Lipinski definition) is 2. The molecule has 0 saturated heterocycles. The SMILES string of the molecule is CCCC(CC)NCc1cn[nH]c1C. The average molecular weight is 195 g/mol. The molecule has 3 nitrogen and oxygen atoms in total. The van der Waals surface area contributed by atoms with E-state index in [1.165, 1.54) is 30.5 Å². The molecule has 1 aromatic rings. The molecule has 0 spiro atoms. The Morgan fingerprint density at radius 2 is 2.29 bits per heavy atom. The van der Waals surface area contributed by atoms with Crippen LogP contribution in [-0.4, -0.2) is 16.2 Å². The summed E-state index contributed by atoms with van der Waals surface area (Å²) in [5.41, 5.74) is 2.45. The summed E-state index contributed by atoms with van der Waals surface area (Å²) >= 11 is 0. The second kappa shape index (κ2) is 5.81. The summed E-state index contributed by atoms with van der Waals surface area (Å²) in [7, 11) is 0. The van der Waals surface area contributed by atoms with Gasteiger partial charge in [0.15, 0.2) is 0 Å². The molecule has 80 valence electrons. The molecule has 14 heavy (non-hydrogen) atoms. The van der Waals surface area contributed by atoms with Gasteiger partial charge in [0.2, 0.25) is 0 Å². The lowest BCUT2D eigenvalue weighted by molar-refractivity contribution is 0.462. The zero-order valence-corrected chi connectivity index (χ0v) is 9.43. The Morgan fingerprint density at radius 3 is 2.79 bits per heavy atom. The van der Waals surface area contributed by atoms with E-state index >= 15 is 0 Å². The van der Waals surface area contributed by atoms with E-state index in [2.05, 4.69) is 36.3 Å². The Hall–Kier alpha value is -0.830. The lowest BCUT2D eigenvalue weighted by Gasteiger charge is -2.15. The van der Waals surface area contributed by atoms with Crippen LogP contribution in [0.15, 0.2) is 6.20 Å². The third kappa shape index (κ3) is 3.14. The highest BCUT2D eigenvalue weighted by atomic mass is 15.1. The maximum Gasteiger partial charge on any atom is 0.0535 e. The van der Waals surface area contributed by atoms with Crippen LogP contribution < -0.4 is 5.32 Å². The predicted octanol–water partition coefficient (Wildman–Crippen LogP) is 2.39. The van der Waals surface area contributed by atoms with Gasteiger partial charge in [-0.1, -0.05) is 20.3 Å². The van der Waals surface area contributed by atoms with Crippen LogP contribution >= 0.6 is 0 Å². The van der Waals surface area contributed by atoms with E-state index in [1.54, 1.807) is 0 Å². The fourth-order valence-corrected chi connectivity index (χ4v) is 1.61. The second-order valence-corrected chi connectivity index (χ2v) is 3.79. The topological polar surface area (TPSA) is 40.7 Å². The summed E-state index contributed by atoms with van der Waals surface area (Å²) < 4.78 is 0. The highest BCUT2D eigenvalue weighted by Crippen LogP contribution is 2.05. The highest BCUT2D eigenvalue weighted by molar-refractivity contribution is 5.13. The molecule has 0 radical (unpaired) electrons. The average Bonchev–Trinajstić information content (AvgIpc) is 2.59. The molecule has 1 unspecified atom stereocenters. The Bertz CT molecular complexity index is 255. The lowest BCUT2D eigenvalue weighted by atomic mass is 10.1. The number of H-pyrrole nitrogens is 1. The normalized spacial score (nSPS) is 13.1.